The van der Waals surface area contributed by atoms with E-state index in [0.717, 1.165) is 44.3 Å². The van der Waals surface area contributed by atoms with Crippen molar-refractivity contribution >= 4 is 6.41 Å². The highest BCUT2D eigenvalue weighted by Crippen LogP contribution is 1.97. The van der Waals surface area contributed by atoms with Gasteiger partial charge in [-0.3, -0.25) is 14.7 Å². The number of carbonyl (C=O) groups excluding carboxylic acids is 1. The molecule has 0 aromatic carbocycles. The van der Waals surface area contributed by atoms with Crippen LogP contribution >= 0.6 is 0 Å². The summed E-state index contributed by atoms with van der Waals surface area (Å²) in [5.41, 5.74) is 0. The molecule has 0 aliphatic carbocycles. The Kier molecular flexibility index (Phi) is 4.74. The summed E-state index contributed by atoms with van der Waals surface area (Å²) in [5, 5.41) is 1.06. The lowest BCUT2D eigenvalue weighted by Crippen LogP contribution is -2.39. The third-order valence-corrected chi connectivity index (χ3v) is 2.09. The van der Waals surface area contributed by atoms with Crippen molar-refractivity contribution in [2.75, 3.05) is 39.4 Å². The number of hydrogen-bond acceptors (Lipinski definition) is 4. The Morgan fingerprint density at radius 1 is 1.46 bits per heavy atom. The van der Waals surface area contributed by atoms with E-state index >= 15 is 0 Å². The monoisotopic (exact) mass is 186 g/mol. The first kappa shape index (κ1) is 10.4. The predicted molar refractivity (Wildman–Crippen MR) is 48.5 cm³/mol. The molecular formula is C8H16N3O2. The molecule has 0 aromatic rings. The van der Waals surface area contributed by atoms with Crippen molar-refractivity contribution in [2.45, 2.75) is 6.42 Å². The molecule has 0 bridgehead atoms. The zero-order chi connectivity index (χ0) is 9.52. The van der Waals surface area contributed by atoms with Gasteiger partial charge in [-0.1, -0.05) is 0 Å². The number of ether oxygens (including phenoxy) is 1. The van der Waals surface area contributed by atoms with Gasteiger partial charge in [0.1, 0.15) is 0 Å². The second-order valence-corrected chi connectivity index (χ2v) is 3.09. The van der Waals surface area contributed by atoms with Gasteiger partial charge in [-0.05, 0) is 6.42 Å². The van der Waals surface area contributed by atoms with Crippen LogP contribution in [0, 0.1) is 0 Å². The van der Waals surface area contributed by atoms with Crippen molar-refractivity contribution in [3.8, 4) is 0 Å². The summed E-state index contributed by atoms with van der Waals surface area (Å²) in [4.78, 5) is 12.3. The van der Waals surface area contributed by atoms with Crippen molar-refractivity contribution in [1.29, 1.82) is 0 Å². The highest BCUT2D eigenvalue weighted by atomic mass is 16.5. The highest BCUT2D eigenvalue weighted by molar-refractivity contribution is 5.46. The standard InChI is InChI=1S/C8H16N3O2/c9-11(8-12)3-1-2-10-4-6-13-7-5-10/h1-7,9H2. The van der Waals surface area contributed by atoms with Gasteiger partial charge in [0.15, 0.2) is 0 Å². The minimum Gasteiger partial charge on any atom is -0.379 e. The van der Waals surface area contributed by atoms with Crippen LogP contribution in [0.3, 0.4) is 0 Å². The molecule has 1 radical (unpaired) electrons. The maximum Gasteiger partial charge on any atom is 0.327 e. The Morgan fingerprint density at radius 3 is 2.77 bits per heavy atom. The molecule has 0 unspecified atom stereocenters. The Bertz CT molecular complexity index is 148. The lowest BCUT2D eigenvalue weighted by Gasteiger charge is -2.26. The summed E-state index contributed by atoms with van der Waals surface area (Å²) < 4.78 is 5.21. The number of rotatable bonds is 5. The molecule has 75 valence electrons. The van der Waals surface area contributed by atoms with Crippen LogP contribution in [0.15, 0.2) is 0 Å². The molecule has 2 N–H and O–H groups in total. The van der Waals surface area contributed by atoms with Gasteiger partial charge in [-0.2, -0.15) is 0 Å². The van der Waals surface area contributed by atoms with Crippen LogP contribution in [0.5, 0.6) is 0 Å². The summed E-state index contributed by atoms with van der Waals surface area (Å²) in [6.07, 6.45) is 2.52. The van der Waals surface area contributed by atoms with Crippen LogP contribution in [-0.4, -0.2) is 55.7 Å². The van der Waals surface area contributed by atoms with Gasteiger partial charge in [-0.25, -0.2) is 5.84 Å². The molecule has 1 fully saturated rings. The Balaban J connectivity index is 2.01. The molecule has 1 rings (SSSR count). The molecule has 0 saturated carbocycles. The Labute approximate surface area is 78.4 Å². The fraction of sp³-hybridized carbons (Fsp3) is 0.875. The fourth-order valence-electron chi connectivity index (χ4n) is 1.34. The number of morpholine rings is 1. The maximum absolute atomic E-state index is 10.0. The quantitative estimate of drug-likeness (QED) is 0.258. The lowest BCUT2D eigenvalue weighted by atomic mass is 10.3. The smallest absolute Gasteiger partial charge is 0.327 e. The number of hydrogen-bond donors (Lipinski definition) is 1. The summed E-state index contributed by atoms with van der Waals surface area (Å²) in [6, 6.07) is 0. The second kappa shape index (κ2) is 5.90. The van der Waals surface area contributed by atoms with Crippen molar-refractivity contribution in [3.63, 3.8) is 0 Å². The van der Waals surface area contributed by atoms with E-state index in [2.05, 4.69) is 4.90 Å². The molecule has 1 amide bonds. The van der Waals surface area contributed by atoms with Gasteiger partial charge in [0.05, 0.1) is 13.2 Å². The highest BCUT2D eigenvalue weighted by Gasteiger charge is 2.09. The van der Waals surface area contributed by atoms with E-state index in [1.807, 2.05) is 0 Å². The fourth-order valence-corrected chi connectivity index (χ4v) is 1.34. The van der Waals surface area contributed by atoms with E-state index in [9.17, 15) is 4.79 Å². The second-order valence-electron chi connectivity index (χ2n) is 3.09. The summed E-state index contributed by atoms with van der Waals surface area (Å²) in [5.74, 6) is 5.26. The molecule has 0 atom stereocenters. The SMILES string of the molecule is NN([C]=O)CCCN1CCOCC1. The van der Waals surface area contributed by atoms with E-state index in [1.165, 1.54) is 0 Å². The third-order valence-electron chi connectivity index (χ3n) is 2.09. The number of hydrazine groups is 1. The van der Waals surface area contributed by atoms with Gasteiger partial charge in [0, 0.05) is 26.2 Å². The minimum absolute atomic E-state index is 0.570. The van der Waals surface area contributed by atoms with E-state index in [4.69, 9.17) is 10.6 Å². The summed E-state index contributed by atoms with van der Waals surface area (Å²) in [7, 11) is 0. The molecule has 0 aromatic heterocycles. The topological polar surface area (TPSA) is 58.8 Å². The van der Waals surface area contributed by atoms with Crippen LogP contribution in [0.1, 0.15) is 6.42 Å². The first-order valence-electron chi connectivity index (χ1n) is 4.53. The predicted octanol–water partition coefficient (Wildman–Crippen LogP) is -1.05. The number of nitrogens with zero attached hydrogens (tertiary/aromatic N) is 2. The van der Waals surface area contributed by atoms with Crippen molar-refractivity contribution in [3.05, 3.63) is 0 Å². The van der Waals surface area contributed by atoms with Crippen LogP contribution in [0.25, 0.3) is 0 Å². The molecule has 5 heteroatoms. The van der Waals surface area contributed by atoms with Crippen molar-refractivity contribution in [2.24, 2.45) is 5.84 Å². The van der Waals surface area contributed by atoms with Gasteiger partial charge in [0.25, 0.3) is 0 Å². The van der Waals surface area contributed by atoms with E-state index in [-0.39, 0.29) is 0 Å². The molecule has 1 saturated heterocycles. The molecule has 0 spiro atoms. The maximum atomic E-state index is 10.0. The first-order valence-corrected chi connectivity index (χ1v) is 4.53. The minimum atomic E-state index is 0.570. The van der Waals surface area contributed by atoms with Gasteiger partial charge in [0.2, 0.25) is 0 Å². The zero-order valence-electron chi connectivity index (χ0n) is 7.74. The van der Waals surface area contributed by atoms with Crippen molar-refractivity contribution in [1.82, 2.24) is 9.91 Å². The van der Waals surface area contributed by atoms with E-state index in [1.54, 1.807) is 6.41 Å². The van der Waals surface area contributed by atoms with E-state index in [0.29, 0.717) is 6.54 Å². The average molecular weight is 186 g/mol. The Hall–Kier alpha value is -0.650. The average Bonchev–Trinajstić information content (AvgIpc) is 2.19. The Morgan fingerprint density at radius 2 is 2.15 bits per heavy atom. The molecule has 1 aliphatic rings. The van der Waals surface area contributed by atoms with E-state index < -0.39 is 0 Å². The number of nitrogens with two attached hydrogens (primary N) is 1. The first-order chi connectivity index (χ1) is 6.33. The van der Waals surface area contributed by atoms with Crippen LogP contribution < -0.4 is 5.84 Å². The van der Waals surface area contributed by atoms with Crippen LogP contribution in [0.4, 0.5) is 0 Å². The van der Waals surface area contributed by atoms with Gasteiger partial charge < -0.3 is 4.74 Å². The summed E-state index contributed by atoms with van der Waals surface area (Å²) >= 11 is 0. The number of amides is 1. The van der Waals surface area contributed by atoms with Crippen LogP contribution in [-0.2, 0) is 9.53 Å². The lowest BCUT2D eigenvalue weighted by molar-refractivity contribution is 0.0368. The summed E-state index contributed by atoms with van der Waals surface area (Å²) in [6.45, 7) is 5.13. The molecular weight excluding hydrogens is 170 g/mol. The molecule has 1 heterocycles. The van der Waals surface area contributed by atoms with Crippen molar-refractivity contribution < 1.29 is 9.53 Å². The third kappa shape index (κ3) is 4.21. The molecule has 5 nitrogen and oxygen atoms in total. The normalized spacial score (nSPS) is 18.5. The zero-order valence-corrected chi connectivity index (χ0v) is 7.74. The largest absolute Gasteiger partial charge is 0.379 e. The molecule has 13 heavy (non-hydrogen) atoms. The van der Waals surface area contributed by atoms with Gasteiger partial charge >= 0.3 is 6.41 Å². The molecule has 1 aliphatic heterocycles. The van der Waals surface area contributed by atoms with Crippen LogP contribution in [0.2, 0.25) is 0 Å². The van der Waals surface area contributed by atoms with Gasteiger partial charge in [-0.15, -0.1) is 0 Å².